The van der Waals surface area contributed by atoms with Crippen LogP contribution in [-0.2, 0) is 11.0 Å². The average Bonchev–Trinajstić information content (AvgIpc) is 2.98. The molecule has 0 aliphatic heterocycles. The van der Waals surface area contributed by atoms with Crippen LogP contribution in [0.3, 0.4) is 0 Å². The standard InChI is InChI=1S/C13H16F3N7O/c1-7(23-5-4-9(21-23)13(14,15)16)11(24)19-8-6-18-12(22(2)3)20-10(8)17/h4-7H,1-3H3,(H,19,24)(H2,17,18,20). The first kappa shape index (κ1) is 17.5. The van der Waals surface area contributed by atoms with Crippen LogP contribution in [0.1, 0.15) is 18.7 Å². The minimum Gasteiger partial charge on any atom is -0.382 e. The molecule has 2 aromatic rings. The van der Waals surface area contributed by atoms with Crippen molar-refractivity contribution in [1.29, 1.82) is 0 Å². The lowest BCUT2D eigenvalue weighted by Gasteiger charge is -2.15. The molecule has 2 aromatic heterocycles. The molecule has 11 heteroatoms. The van der Waals surface area contributed by atoms with Crippen molar-refractivity contribution in [2.24, 2.45) is 0 Å². The van der Waals surface area contributed by atoms with Crippen molar-refractivity contribution in [2.45, 2.75) is 19.1 Å². The number of alkyl halides is 3. The van der Waals surface area contributed by atoms with Crippen LogP contribution in [-0.4, -0.2) is 39.8 Å². The van der Waals surface area contributed by atoms with E-state index in [4.69, 9.17) is 5.73 Å². The molecule has 24 heavy (non-hydrogen) atoms. The van der Waals surface area contributed by atoms with Crippen molar-refractivity contribution in [3.8, 4) is 0 Å². The molecule has 1 unspecified atom stereocenters. The molecule has 0 saturated carbocycles. The number of nitrogen functional groups attached to an aromatic ring is 1. The molecule has 8 nitrogen and oxygen atoms in total. The zero-order valence-electron chi connectivity index (χ0n) is 13.2. The first-order valence-electron chi connectivity index (χ1n) is 6.82. The molecule has 0 bridgehead atoms. The highest BCUT2D eigenvalue weighted by Gasteiger charge is 2.34. The molecule has 2 rings (SSSR count). The molecule has 0 aliphatic rings. The Morgan fingerprint density at radius 3 is 2.58 bits per heavy atom. The summed E-state index contributed by atoms with van der Waals surface area (Å²) in [4.78, 5) is 21.8. The predicted octanol–water partition coefficient (Wildman–Crippen LogP) is 1.54. The van der Waals surface area contributed by atoms with Gasteiger partial charge in [0.2, 0.25) is 11.9 Å². The number of rotatable bonds is 4. The van der Waals surface area contributed by atoms with Gasteiger partial charge in [0.05, 0.1) is 6.20 Å². The van der Waals surface area contributed by atoms with Gasteiger partial charge >= 0.3 is 6.18 Å². The lowest BCUT2D eigenvalue weighted by Crippen LogP contribution is -2.25. The number of hydrogen-bond acceptors (Lipinski definition) is 6. The monoisotopic (exact) mass is 343 g/mol. The third-order valence-corrected chi connectivity index (χ3v) is 3.14. The largest absolute Gasteiger partial charge is 0.435 e. The average molecular weight is 343 g/mol. The topological polar surface area (TPSA) is 102 Å². The summed E-state index contributed by atoms with van der Waals surface area (Å²) in [5.41, 5.74) is 4.84. The van der Waals surface area contributed by atoms with E-state index in [-0.39, 0.29) is 11.5 Å². The van der Waals surface area contributed by atoms with E-state index < -0.39 is 23.8 Å². The van der Waals surface area contributed by atoms with Crippen LogP contribution in [0.15, 0.2) is 18.5 Å². The van der Waals surface area contributed by atoms with E-state index >= 15 is 0 Å². The maximum Gasteiger partial charge on any atom is 0.435 e. The van der Waals surface area contributed by atoms with Gasteiger partial charge in [-0.1, -0.05) is 0 Å². The molecule has 3 N–H and O–H groups in total. The third kappa shape index (κ3) is 3.73. The van der Waals surface area contributed by atoms with Gasteiger partial charge in [0, 0.05) is 20.3 Å². The highest BCUT2D eigenvalue weighted by Crippen LogP contribution is 2.28. The maximum atomic E-state index is 12.6. The Balaban J connectivity index is 2.13. The minimum absolute atomic E-state index is 0.0469. The van der Waals surface area contributed by atoms with E-state index in [1.807, 2.05) is 0 Å². The summed E-state index contributed by atoms with van der Waals surface area (Å²) < 4.78 is 38.6. The number of nitrogens with two attached hydrogens (primary N) is 1. The number of hydrogen-bond donors (Lipinski definition) is 2. The van der Waals surface area contributed by atoms with E-state index in [2.05, 4.69) is 20.4 Å². The van der Waals surface area contributed by atoms with Gasteiger partial charge in [-0.25, -0.2) is 4.98 Å². The third-order valence-electron chi connectivity index (χ3n) is 3.14. The van der Waals surface area contributed by atoms with Crippen LogP contribution in [0.2, 0.25) is 0 Å². The summed E-state index contributed by atoms with van der Waals surface area (Å²) >= 11 is 0. The highest BCUT2D eigenvalue weighted by molar-refractivity contribution is 5.95. The predicted molar refractivity (Wildman–Crippen MR) is 81.3 cm³/mol. The Bertz CT molecular complexity index is 741. The highest BCUT2D eigenvalue weighted by atomic mass is 19.4. The number of anilines is 3. The fourth-order valence-electron chi connectivity index (χ4n) is 1.76. The number of carbonyl (C=O) groups excluding carboxylic acids is 1. The van der Waals surface area contributed by atoms with E-state index in [0.717, 1.165) is 16.9 Å². The van der Waals surface area contributed by atoms with Crippen LogP contribution in [0.4, 0.5) is 30.6 Å². The molecule has 0 saturated heterocycles. The van der Waals surface area contributed by atoms with Crippen LogP contribution in [0.25, 0.3) is 0 Å². The van der Waals surface area contributed by atoms with E-state index in [0.29, 0.717) is 5.95 Å². The number of aromatic nitrogens is 4. The molecule has 0 spiro atoms. The molecule has 0 radical (unpaired) electrons. The summed E-state index contributed by atoms with van der Waals surface area (Å²) in [6.07, 6.45) is -2.16. The first-order valence-corrected chi connectivity index (χ1v) is 6.82. The van der Waals surface area contributed by atoms with Crippen LogP contribution < -0.4 is 16.0 Å². The fraction of sp³-hybridized carbons (Fsp3) is 0.385. The number of nitrogens with zero attached hydrogens (tertiary/aromatic N) is 5. The van der Waals surface area contributed by atoms with Crippen molar-refractivity contribution in [2.75, 3.05) is 30.0 Å². The van der Waals surface area contributed by atoms with Gasteiger partial charge in [-0.3, -0.25) is 9.48 Å². The molecule has 1 amide bonds. The summed E-state index contributed by atoms with van der Waals surface area (Å²) in [7, 11) is 3.45. The van der Waals surface area contributed by atoms with Crippen molar-refractivity contribution >= 4 is 23.4 Å². The SMILES string of the molecule is CC(C(=O)Nc1cnc(N(C)C)nc1N)n1ccc(C(F)(F)F)n1. The number of carbonyl (C=O) groups is 1. The molecule has 1 atom stereocenters. The lowest BCUT2D eigenvalue weighted by atomic mass is 10.3. The Morgan fingerprint density at radius 2 is 2.08 bits per heavy atom. The van der Waals surface area contributed by atoms with E-state index in [9.17, 15) is 18.0 Å². The maximum absolute atomic E-state index is 12.6. The molecule has 0 aliphatic carbocycles. The van der Waals surface area contributed by atoms with Crippen LogP contribution in [0.5, 0.6) is 0 Å². The Kier molecular flexibility index (Phi) is 4.62. The van der Waals surface area contributed by atoms with E-state index in [1.54, 1.807) is 19.0 Å². The second-order valence-corrected chi connectivity index (χ2v) is 5.21. The summed E-state index contributed by atoms with van der Waals surface area (Å²) in [5.74, 6) is -0.189. The van der Waals surface area contributed by atoms with Crippen LogP contribution in [0, 0.1) is 0 Å². The van der Waals surface area contributed by atoms with Gasteiger partial charge in [0.15, 0.2) is 11.5 Å². The van der Waals surface area contributed by atoms with Crippen LogP contribution >= 0.6 is 0 Å². The molecule has 0 aromatic carbocycles. The molecular weight excluding hydrogens is 327 g/mol. The Morgan fingerprint density at radius 1 is 1.42 bits per heavy atom. The molecular formula is C13H16F3N7O. The Labute approximate surface area is 135 Å². The fourth-order valence-corrected chi connectivity index (χ4v) is 1.76. The van der Waals surface area contributed by atoms with Gasteiger partial charge in [-0.2, -0.15) is 23.3 Å². The van der Waals surface area contributed by atoms with E-state index in [1.165, 1.54) is 13.1 Å². The van der Waals surface area contributed by atoms with Crippen molar-refractivity contribution in [3.05, 3.63) is 24.2 Å². The van der Waals surface area contributed by atoms with Gasteiger partial charge < -0.3 is 16.0 Å². The van der Waals surface area contributed by atoms with Gasteiger partial charge in [0.1, 0.15) is 11.7 Å². The number of halogens is 3. The first-order chi connectivity index (χ1) is 11.1. The zero-order valence-corrected chi connectivity index (χ0v) is 13.2. The quantitative estimate of drug-likeness (QED) is 0.873. The summed E-state index contributed by atoms with van der Waals surface area (Å²) in [6.45, 7) is 1.41. The van der Waals surface area contributed by atoms with Crippen molar-refractivity contribution in [3.63, 3.8) is 0 Å². The second-order valence-electron chi connectivity index (χ2n) is 5.21. The van der Waals surface area contributed by atoms with Crippen molar-refractivity contribution < 1.29 is 18.0 Å². The van der Waals surface area contributed by atoms with Gasteiger partial charge in [0.25, 0.3) is 0 Å². The summed E-state index contributed by atoms with van der Waals surface area (Å²) in [5, 5.41) is 5.84. The Hall–Kier alpha value is -2.85. The van der Waals surface area contributed by atoms with Crippen molar-refractivity contribution in [1.82, 2.24) is 19.7 Å². The number of nitrogens with one attached hydrogen (secondary N) is 1. The minimum atomic E-state index is -4.57. The van der Waals surface area contributed by atoms with Gasteiger partial charge in [-0.05, 0) is 13.0 Å². The lowest BCUT2D eigenvalue weighted by molar-refractivity contribution is -0.141. The van der Waals surface area contributed by atoms with Gasteiger partial charge in [-0.15, -0.1) is 0 Å². The second kappa shape index (κ2) is 6.34. The smallest absolute Gasteiger partial charge is 0.382 e. The molecule has 2 heterocycles. The number of amides is 1. The summed E-state index contributed by atoms with van der Waals surface area (Å²) in [6, 6.07) is -0.179. The molecule has 0 fully saturated rings. The zero-order chi connectivity index (χ0) is 18.1. The normalized spacial score (nSPS) is 12.8. The molecule has 130 valence electrons.